The second-order valence-corrected chi connectivity index (χ2v) is 3.65. The lowest BCUT2D eigenvalue weighted by Crippen LogP contribution is -2.31. The molecule has 0 aliphatic rings. The van der Waals surface area contributed by atoms with E-state index in [0.717, 1.165) is 10.0 Å². The molecule has 0 aromatic heterocycles. The molecule has 0 bridgehead atoms. The lowest BCUT2D eigenvalue weighted by molar-refractivity contribution is 0.167. The Balaban J connectivity index is 2.78. The molecule has 0 aliphatic heterocycles. The summed E-state index contributed by atoms with van der Waals surface area (Å²) in [4.78, 5) is 0. The number of benzene rings is 1. The highest BCUT2D eigenvalue weighted by molar-refractivity contribution is 9.10. The first kappa shape index (κ1) is 10.7. The van der Waals surface area contributed by atoms with Crippen LogP contribution in [0.25, 0.3) is 0 Å². The Labute approximate surface area is 86.4 Å². The first-order valence-corrected chi connectivity index (χ1v) is 4.77. The molecule has 0 aliphatic carbocycles. The summed E-state index contributed by atoms with van der Waals surface area (Å²) in [5.74, 6) is 5.40. The zero-order valence-electron chi connectivity index (χ0n) is 7.46. The van der Waals surface area contributed by atoms with Crippen LogP contribution in [-0.2, 0) is 4.74 Å². The van der Waals surface area contributed by atoms with E-state index in [1.165, 1.54) is 0 Å². The Morgan fingerprint density at radius 1 is 1.62 bits per heavy atom. The zero-order chi connectivity index (χ0) is 9.68. The Morgan fingerprint density at radius 2 is 2.38 bits per heavy atom. The summed E-state index contributed by atoms with van der Waals surface area (Å²) in [5.41, 5.74) is 3.81. The van der Waals surface area contributed by atoms with Gasteiger partial charge in [-0.15, -0.1) is 0 Å². The Bertz CT molecular complexity index is 268. The fourth-order valence-corrected chi connectivity index (χ4v) is 1.55. The average Bonchev–Trinajstić information content (AvgIpc) is 2.14. The number of nitrogens with two attached hydrogens (primary N) is 1. The minimum absolute atomic E-state index is 0.0440. The van der Waals surface area contributed by atoms with Crippen molar-refractivity contribution in [1.29, 1.82) is 0 Å². The summed E-state index contributed by atoms with van der Waals surface area (Å²) in [5, 5.41) is 0. The number of ether oxygens (including phenoxy) is 1. The maximum atomic E-state index is 5.40. The molecule has 3 N–H and O–H groups in total. The molecule has 0 saturated heterocycles. The monoisotopic (exact) mass is 244 g/mol. The molecule has 3 nitrogen and oxygen atoms in total. The highest BCUT2D eigenvalue weighted by atomic mass is 79.9. The molecule has 0 radical (unpaired) electrons. The van der Waals surface area contributed by atoms with Gasteiger partial charge in [-0.25, -0.2) is 0 Å². The lowest BCUT2D eigenvalue weighted by atomic mass is 10.1. The second-order valence-electron chi connectivity index (χ2n) is 2.73. The summed E-state index contributed by atoms with van der Waals surface area (Å²) in [6.07, 6.45) is 0. The van der Waals surface area contributed by atoms with Crippen LogP contribution in [0.4, 0.5) is 0 Å². The van der Waals surface area contributed by atoms with E-state index in [-0.39, 0.29) is 6.04 Å². The van der Waals surface area contributed by atoms with Crippen LogP contribution in [0, 0.1) is 0 Å². The molecule has 13 heavy (non-hydrogen) atoms. The van der Waals surface area contributed by atoms with Crippen molar-refractivity contribution in [3.8, 4) is 0 Å². The molecule has 0 heterocycles. The van der Waals surface area contributed by atoms with Gasteiger partial charge in [0.15, 0.2) is 0 Å². The normalized spacial score (nSPS) is 12.8. The van der Waals surface area contributed by atoms with Gasteiger partial charge in [-0.05, 0) is 17.7 Å². The average molecular weight is 245 g/mol. The van der Waals surface area contributed by atoms with Crippen LogP contribution in [0.2, 0.25) is 0 Å². The highest BCUT2D eigenvalue weighted by Gasteiger charge is 2.08. The van der Waals surface area contributed by atoms with Gasteiger partial charge in [0.2, 0.25) is 0 Å². The van der Waals surface area contributed by atoms with Gasteiger partial charge < -0.3 is 4.74 Å². The molecule has 72 valence electrons. The number of hydrogen-bond donors (Lipinski definition) is 2. The van der Waals surface area contributed by atoms with Crippen molar-refractivity contribution in [2.24, 2.45) is 5.84 Å². The van der Waals surface area contributed by atoms with E-state index in [1.54, 1.807) is 7.11 Å². The Morgan fingerprint density at radius 3 is 2.92 bits per heavy atom. The van der Waals surface area contributed by atoms with E-state index in [2.05, 4.69) is 21.4 Å². The van der Waals surface area contributed by atoms with Gasteiger partial charge in [0.05, 0.1) is 12.6 Å². The van der Waals surface area contributed by atoms with Crippen molar-refractivity contribution in [3.63, 3.8) is 0 Å². The maximum absolute atomic E-state index is 5.40. The number of halogens is 1. The van der Waals surface area contributed by atoms with Crippen molar-refractivity contribution in [1.82, 2.24) is 5.43 Å². The minimum atomic E-state index is 0.0440. The molecule has 1 unspecified atom stereocenters. The SMILES string of the molecule is COCC(NN)c1cccc(Br)c1. The van der Waals surface area contributed by atoms with Crippen LogP contribution in [0.5, 0.6) is 0 Å². The fourth-order valence-electron chi connectivity index (χ4n) is 1.13. The number of nitrogens with one attached hydrogen (secondary N) is 1. The molecule has 0 fully saturated rings. The van der Waals surface area contributed by atoms with Crippen LogP contribution in [-0.4, -0.2) is 13.7 Å². The van der Waals surface area contributed by atoms with E-state index in [4.69, 9.17) is 10.6 Å². The van der Waals surface area contributed by atoms with Crippen LogP contribution in [0.3, 0.4) is 0 Å². The molecule has 4 heteroatoms. The number of methoxy groups -OCH3 is 1. The zero-order valence-corrected chi connectivity index (χ0v) is 9.04. The predicted molar refractivity (Wildman–Crippen MR) is 56.1 cm³/mol. The first-order chi connectivity index (χ1) is 6.27. The molecule has 1 aromatic rings. The second kappa shape index (κ2) is 5.34. The summed E-state index contributed by atoms with van der Waals surface area (Å²) >= 11 is 3.40. The standard InChI is InChI=1S/C9H13BrN2O/c1-13-6-9(12-11)7-3-2-4-8(10)5-7/h2-5,9,12H,6,11H2,1H3. The predicted octanol–water partition coefficient (Wildman–Crippen LogP) is 1.60. The van der Waals surface area contributed by atoms with Crippen LogP contribution in [0.1, 0.15) is 11.6 Å². The minimum Gasteiger partial charge on any atom is -0.383 e. The van der Waals surface area contributed by atoms with Crippen molar-refractivity contribution in [2.45, 2.75) is 6.04 Å². The number of hydrazine groups is 1. The van der Waals surface area contributed by atoms with Gasteiger partial charge >= 0.3 is 0 Å². The fraction of sp³-hybridized carbons (Fsp3) is 0.333. The Hall–Kier alpha value is -0.420. The molecular formula is C9H13BrN2O. The molecule has 0 saturated carbocycles. The van der Waals surface area contributed by atoms with Gasteiger partial charge in [-0.1, -0.05) is 28.1 Å². The third-order valence-electron chi connectivity index (χ3n) is 1.79. The summed E-state index contributed by atoms with van der Waals surface area (Å²) in [6, 6.07) is 8.02. The molecular weight excluding hydrogens is 232 g/mol. The van der Waals surface area contributed by atoms with Crippen molar-refractivity contribution < 1.29 is 4.74 Å². The van der Waals surface area contributed by atoms with E-state index in [1.807, 2.05) is 24.3 Å². The highest BCUT2D eigenvalue weighted by Crippen LogP contribution is 2.17. The van der Waals surface area contributed by atoms with E-state index in [0.29, 0.717) is 6.61 Å². The Kier molecular flexibility index (Phi) is 4.38. The third kappa shape index (κ3) is 3.08. The topological polar surface area (TPSA) is 47.3 Å². The largest absolute Gasteiger partial charge is 0.383 e. The molecule has 1 aromatic carbocycles. The molecule has 1 rings (SSSR count). The van der Waals surface area contributed by atoms with Gasteiger partial charge in [0.1, 0.15) is 0 Å². The third-order valence-corrected chi connectivity index (χ3v) is 2.28. The van der Waals surface area contributed by atoms with Crippen LogP contribution in [0.15, 0.2) is 28.7 Å². The molecule has 0 amide bonds. The van der Waals surface area contributed by atoms with Crippen LogP contribution >= 0.6 is 15.9 Å². The molecule has 0 spiro atoms. The summed E-state index contributed by atoms with van der Waals surface area (Å²) in [6.45, 7) is 0.562. The molecule has 1 atom stereocenters. The van der Waals surface area contributed by atoms with Crippen molar-refractivity contribution >= 4 is 15.9 Å². The number of hydrogen-bond acceptors (Lipinski definition) is 3. The summed E-state index contributed by atoms with van der Waals surface area (Å²) < 4.78 is 6.07. The van der Waals surface area contributed by atoms with Gasteiger partial charge in [0.25, 0.3) is 0 Å². The van der Waals surface area contributed by atoms with Gasteiger partial charge in [-0.3, -0.25) is 11.3 Å². The van der Waals surface area contributed by atoms with E-state index in [9.17, 15) is 0 Å². The smallest absolute Gasteiger partial charge is 0.0694 e. The van der Waals surface area contributed by atoms with Gasteiger partial charge in [0, 0.05) is 11.6 Å². The van der Waals surface area contributed by atoms with E-state index < -0.39 is 0 Å². The van der Waals surface area contributed by atoms with Crippen LogP contribution < -0.4 is 11.3 Å². The quantitative estimate of drug-likeness (QED) is 0.625. The van der Waals surface area contributed by atoms with Gasteiger partial charge in [-0.2, -0.15) is 0 Å². The van der Waals surface area contributed by atoms with Crippen molar-refractivity contribution in [3.05, 3.63) is 34.3 Å². The first-order valence-electron chi connectivity index (χ1n) is 3.98. The van der Waals surface area contributed by atoms with E-state index >= 15 is 0 Å². The lowest BCUT2D eigenvalue weighted by Gasteiger charge is -2.15. The maximum Gasteiger partial charge on any atom is 0.0694 e. The summed E-state index contributed by atoms with van der Waals surface area (Å²) in [7, 11) is 1.66. The van der Waals surface area contributed by atoms with Crippen molar-refractivity contribution in [2.75, 3.05) is 13.7 Å². The number of rotatable bonds is 4.